The molecule has 0 aliphatic carbocycles. The number of hydrogen-bond acceptors (Lipinski definition) is 5. The van der Waals surface area contributed by atoms with Crippen molar-refractivity contribution in [2.24, 2.45) is 0 Å². The molecule has 2 aromatic carbocycles. The van der Waals surface area contributed by atoms with Crippen molar-refractivity contribution in [1.29, 1.82) is 0 Å². The van der Waals surface area contributed by atoms with Gasteiger partial charge in [0, 0.05) is 6.54 Å². The third-order valence-electron chi connectivity index (χ3n) is 5.20. The molecule has 0 saturated heterocycles. The predicted molar refractivity (Wildman–Crippen MR) is 112 cm³/mol. The molecule has 0 unspecified atom stereocenters. The Morgan fingerprint density at radius 3 is 2.56 bits per heavy atom. The van der Waals surface area contributed by atoms with E-state index in [4.69, 9.17) is 0 Å². The molecule has 10 heteroatoms. The Hall–Kier alpha value is -3.69. The van der Waals surface area contributed by atoms with E-state index in [0.29, 0.717) is 36.0 Å². The SMILES string of the molecule is Cc1cc2nc3c(=O)[nH]c(=O)nc-3n(CCCc3cccc(OC(F)(F)F)c3)c2cc1C. The first-order valence-electron chi connectivity index (χ1n) is 9.87. The van der Waals surface area contributed by atoms with Gasteiger partial charge in [-0.05, 0) is 67.6 Å². The Labute approximate surface area is 179 Å². The number of aryl methyl sites for hydroxylation is 4. The molecule has 0 aromatic heterocycles. The van der Waals surface area contributed by atoms with Gasteiger partial charge in [-0.3, -0.25) is 9.78 Å². The van der Waals surface area contributed by atoms with Gasteiger partial charge in [0.15, 0.2) is 11.5 Å². The van der Waals surface area contributed by atoms with Crippen molar-refractivity contribution in [3.05, 3.63) is 73.9 Å². The largest absolute Gasteiger partial charge is 0.573 e. The first-order chi connectivity index (χ1) is 15.1. The maximum absolute atomic E-state index is 12.5. The summed E-state index contributed by atoms with van der Waals surface area (Å²) in [5.41, 5.74) is 2.65. The monoisotopic (exact) mass is 444 g/mol. The highest BCUT2D eigenvalue weighted by Gasteiger charge is 2.31. The summed E-state index contributed by atoms with van der Waals surface area (Å²) in [7, 11) is 0. The summed E-state index contributed by atoms with van der Waals surface area (Å²) in [5.74, 6) is -0.110. The number of nitrogens with zero attached hydrogens (tertiary/aromatic N) is 3. The summed E-state index contributed by atoms with van der Waals surface area (Å²) in [5, 5.41) is 0. The standard InChI is InChI=1S/C22H19F3N4O3/c1-12-9-16-17(10-13(12)2)29(19-18(26-16)20(30)28-21(31)27-19)8-4-6-14-5-3-7-15(11-14)32-22(23,24)25/h3,5,7,9-11H,4,6,8H2,1-2H3,(H,28,30,31). The van der Waals surface area contributed by atoms with E-state index < -0.39 is 17.6 Å². The van der Waals surface area contributed by atoms with E-state index in [9.17, 15) is 22.8 Å². The first-order valence-corrected chi connectivity index (χ1v) is 9.87. The first kappa shape index (κ1) is 21.5. The van der Waals surface area contributed by atoms with Crippen molar-refractivity contribution >= 4 is 11.0 Å². The zero-order valence-corrected chi connectivity index (χ0v) is 17.3. The van der Waals surface area contributed by atoms with Crippen LogP contribution in [-0.4, -0.2) is 25.9 Å². The fourth-order valence-electron chi connectivity index (χ4n) is 3.62. The molecule has 2 aromatic rings. The van der Waals surface area contributed by atoms with Crippen molar-refractivity contribution in [3.63, 3.8) is 0 Å². The second-order valence-corrected chi connectivity index (χ2v) is 7.53. The highest BCUT2D eigenvalue weighted by molar-refractivity contribution is 5.81. The van der Waals surface area contributed by atoms with Crippen LogP contribution in [0.5, 0.6) is 5.75 Å². The second-order valence-electron chi connectivity index (χ2n) is 7.53. The zero-order chi connectivity index (χ0) is 23.0. The van der Waals surface area contributed by atoms with Gasteiger partial charge in [0.25, 0.3) is 5.56 Å². The molecule has 4 rings (SSSR count). The number of hydrogen-bond donors (Lipinski definition) is 1. The van der Waals surface area contributed by atoms with Crippen LogP contribution in [0.15, 0.2) is 46.0 Å². The quantitative estimate of drug-likeness (QED) is 0.474. The van der Waals surface area contributed by atoms with Crippen LogP contribution in [0.2, 0.25) is 0 Å². The highest BCUT2D eigenvalue weighted by atomic mass is 19.4. The Morgan fingerprint density at radius 2 is 1.81 bits per heavy atom. The van der Waals surface area contributed by atoms with E-state index in [1.807, 2.05) is 26.0 Å². The molecule has 2 heterocycles. The number of aromatic amines is 1. The van der Waals surface area contributed by atoms with Gasteiger partial charge in [-0.1, -0.05) is 12.1 Å². The van der Waals surface area contributed by atoms with Gasteiger partial charge in [0.05, 0.1) is 11.0 Å². The third-order valence-corrected chi connectivity index (χ3v) is 5.20. The molecule has 0 saturated carbocycles. The second kappa shape index (κ2) is 8.10. The molecule has 1 N–H and O–H groups in total. The molecule has 0 atom stereocenters. The summed E-state index contributed by atoms with van der Waals surface area (Å²) < 4.78 is 43.2. The van der Waals surface area contributed by atoms with E-state index in [0.717, 1.165) is 11.1 Å². The number of H-pyrrole nitrogens is 1. The fraction of sp³-hybridized carbons (Fsp3) is 0.273. The molecular formula is C22H19F3N4O3. The molecule has 166 valence electrons. The van der Waals surface area contributed by atoms with Crippen molar-refractivity contribution in [2.45, 2.75) is 39.6 Å². The minimum absolute atomic E-state index is 0.0564. The van der Waals surface area contributed by atoms with Crippen molar-refractivity contribution in [3.8, 4) is 17.3 Å². The number of benzene rings is 2. The van der Waals surface area contributed by atoms with Gasteiger partial charge in [-0.15, -0.1) is 13.2 Å². The summed E-state index contributed by atoms with van der Waals surface area (Å²) in [4.78, 5) is 34.7. The molecule has 0 amide bonds. The lowest BCUT2D eigenvalue weighted by Gasteiger charge is -2.18. The van der Waals surface area contributed by atoms with Gasteiger partial charge < -0.3 is 9.30 Å². The third kappa shape index (κ3) is 4.48. The van der Waals surface area contributed by atoms with E-state index in [1.54, 1.807) is 10.6 Å². The highest BCUT2D eigenvalue weighted by Crippen LogP contribution is 2.26. The van der Waals surface area contributed by atoms with Crippen LogP contribution in [-0.2, 0) is 13.0 Å². The molecule has 0 spiro atoms. The molecule has 32 heavy (non-hydrogen) atoms. The van der Waals surface area contributed by atoms with Gasteiger partial charge in [-0.25, -0.2) is 9.78 Å². The lowest BCUT2D eigenvalue weighted by molar-refractivity contribution is -0.274. The molecular weight excluding hydrogens is 425 g/mol. The Bertz CT molecular complexity index is 1390. The van der Waals surface area contributed by atoms with Crippen LogP contribution in [0.4, 0.5) is 13.2 Å². The van der Waals surface area contributed by atoms with Gasteiger partial charge >= 0.3 is 12.1 Å². The number of halogens is 3. The fourth-order valence-corrected chi connectivity index (χ4v) is 3.62. The Kier molecular flexibility index (Phi) is 5.45. The van der Waals surface area contributed by atoms with Crippen molar-refractivity contribution in [2.75, 3.05) is 0 Å². The molecule has 7 nitrogen and oxygen atoms in total. The van der Waals surface area contributed by atoms with Crippen LogP contribution in [0.1, 0.15) is 23.1 Å². The van der Waals surface area contributed by atoms with Gasteiger partial charge in [0.2, 0.25) is 0 Å². The number of nitrogens with one attached hydrogen (secondary N) is 1. The molecule has 0 fully saturated rings. The molecule has 0 radical (unpaired) electrons. The normalized spacial score (nSPS) is 11.9. The predicted octanol–water partition coefficient (Wildman–Crippen LogP) is 3.73. The molecule has 2 aliphatic rings. The number of alkyl halides is 3. The topological polar surface area (TPSA) is 89.9 Å². The van der Waals surface area contributed by atoms with Crippen LogP contribution in [0.25, 0.3) is 22.6 Å². The van der Waals surface area contributed by atoms with Crippen LogP contribution in [0.3, 0.4) is 0 Å². The Balaban J connectivity index is 1.69. The lowest BCUT2D eigenvalue weighted by Crippen LogP contribution is -2.29. The van der Waals surface area contributed by atoms with E-state index in [1.165, 1.54) is 18.2 Å². The average molecular weight is 444 g/mol. The van der Waals surface area contributed by atoms with E-state index in [2.05, 4.69) is 19.7 Å². The smallest absolute Gasteiger partial charge is 0.406 e. The number of rotatable bonds is 5. The molecule has 2 aliphatic heterocycles. The van der Waals surface area contributed by atoms with Gasteiger partial charge in [-0.2, -0.15) is 4.98 Å². The van der Waals surface area contributed by atoms with Crippen molar-refractivity contribution in [1.82, 2.24) is 19.5 Å². The van der Waals surface area contributed by atoms with Crippen LogP contribution in [0, 0.1) is 13.8 Å². The van der Waals surface area contributed by atoms with E-state index >= 15 is 0 Å². The van der Waals surface area contributed by atoms with Gasteiger partial charge in [0.1, 0.15) is 5.75 Å². The summed E-state index contributed by atoms with van der Waals surface area (Å²) in [6, 6.07) is 9.58. The minimum Gasteiger partial charge on any atom is -0.406 e. The maximum atomic E-state index is 12.5. The average Bonchev–Trinajstić information content (AvgIpc) is 2.68. The van der Waals surface area contributed by atoms with Crippen molar-refractivity contribution < 1.29 is 17.9 Å². The van der Waals surface area contributed by atoms with Crippen LogP contribution >= 0.6 is 0 Å². The number of aromatic nitrogens is 4. The summed E-state index contributed by atoms with van der Waals surface area (Å²) in [6.45, 7) is 4.25. The van der Waals surface area contributed by atoms with E-state index in [-0.39, 0.29) is 17.3 Å². The maximum Gasteiger partial charge on any atom is 0.573 e. The number of fused-ring (bicyclic) bond motifs is 2. The lowest BCUT2D eigenvalue weighted by atomic mass is 10.1. The molecule has 0 bridgehead atoms. The van der Waals surface area contributed by atoms with Crippen LogP contribution < -0.4 is 16.0 Å². The number of ether oxygens (including phenoxy) is 1. The Morgan fingerprint density at radius 1 is 1.06 bits per heavy atom. The zero-order valence-electron chi connectivity index (χ0n) is 17.3. The minimum atomic E-state index is -4.76. The summed E-state index contributed by atoms with van der Waals surface area (Å²) in [6.07, 6.45) is -3.79. The summed E-state index contributed by atoms with van der Waals surface area (Å²) >= 11 is 0.